The summed E-state index contributed by atoms with van der Waals surface area (Å²) in [4.78, 5) is 24.2. The van der Waals surface area contributed by atoms with Crippen molar-refractivity contribution in [1.82, 2.24) is 0 Å². The fourth-order valence-corrected chi connectivity index (χ4v) is 3.77. The van der Waals surface area contributed by atoms with E-state index in [9.17, 15) is 9.59 Å². The van der Waals surface area contributed by atoms with E-state index in [4.69, 9.17) is 9.47 Å². The van der Waals surface area contributed by atoms with Gasteiger partial charge in [-0.3, -0.25) is 9.59 Å². The van der Waals surface area contributed by atoms with E-state index in [1.54, 1.807) is 13.8 Å². The zero-order valence-corrected chi connectivity index (χ0v) is 17.0. The van der Waals surface area contributed by atoms with Crippen LogP contribution in [-0.4, -0.2) is 25.2 Å². The molecule has 0 N–H and O–H groups in total. The molecule has 0 aromatic heterocycles. The molecule has 4 heteroatoms. The predicted octanol–water partition coefficient (Wildman–Crippen LogP) is 4.25. The highest BCUT2D eigenvalue weighted by molar-refractivity contribution is 5.77. The molecule has 0 fully saturated rings. The van der Waals surface area contributed by atoms with Gasteiger partial charge >= 0.3 is 11.9 Å². The van der Waals surface area contributed by atoms with Crippen LogP contribution in [0.3, 0.4) is 0 Å². The van der Waals surface area contributed by atoms with Crippen molar-refractivity contribution < 1.29 is 19.1 Å². The van der Waals surface area contributed by atoms with Gasteiger partial charge in [0, 0.05) is 0 Å². The monoisotopic (exact) mass is 360 g/mol. The van der Waals surface area contributed by atoms with Crippen LogP contribution in [0.15, 0.2) is 12.1 Å². The largest absolute Gasteiger partial charge is 0.466 e. The molecule has 26 heavy (non-hydrogen) atoms. The summed E-state index contributed by atoms with van der Waals surface area (Å²) in [7, 11) is 0. The van der Waals surface area contributed by atoms with E-state index in [0.717, 1.165) is 24.0 Å². The zero-order chi connectivity index (χ0) is 19.5. The maximum absolute atomic E-state index is 12.1. The van der Waals surface area contributed by atoms with E-state index >= 15 is 0 Å². The van der Waals surface area contributed by atoms with Gasteiger partial charge in [0.2, 0.25) is 0 Å². The van der Waals surface area contributed by atoms with Crippen molar-refractivity contribution in [3.63, 3.8) is 0 Å². The average molecular weight is 360 g/mol. The first-order valence-electron chi connectivity index (χ1n) is 9.58. The Balaban J connectivity index is 2.53. The van der Waals surface area contributed by atoms with Gasteiger partial charge in [0.1, 0.15) is 0 Å². The lowest BCUT2D eigenvalue weighted by Crippen LogP contribution is -2.34. The molecule has 1 aromatic carbocycles. The lowest BCUT2D eigenvalue weighted by atomic mass is 9.62. The van der Waals surface area contributed by atoms with Gasteiger partial charge < -0.3 is 9.47 Å². The molecule has 2 rings (SSSR count). The molecule has 1 aromatic rings. The van der Waals surface area contributed by atoms with Crippen molar-refractivity contribution in [2.75, 3.05) is 13.2 Å². The molecular weight excluding hydrogens is 328 g/mol. The van der Waals surface area contributed by atoms with E-state index in [1.165, 1.54) is 11.1 Å². The molecule has 144 valence electrons. The van der Waals surface area contributed by atoms with E-state index < -0.39 is 0 Å². The van der Waals surface area contributed by atoms with E-state index in [1.807, 2.05) is 0 Å². The first-order valence-corrected chi connectivity index (χ1v) is 9.58. The summed E-state index contributed by atoms with van der Waals surface area (Å²) in [6.45, 7) is 13.3. The second kappa shape index (κ2) is 7.81. The van der Waals surface area contributed by atoms with Gasteiger partial charge in [-0.05, 0) is 59.8 Å². The summed E-state index contributed by atoms with van der Waals surface area (Å²) in [5.41, 5.74) is 4.41. The summed E-state index contributed by atoms with van der Waals surface area (Å²) in [6, 6.07) is 4.25. The Bertz CT molecular complexity index is 627. The van der Waals surface area contributed by atoms with Crippen LogP contribution in [0.2, 0.25) is 0 Å². The Morgan fingerprint density at radius 1 is 0.808 bits per heavy atom. The Hall–Kier alpha value is -1.84. The van der Waals surface area contributed by atoms with E-state index in [0.29, 0.717) is 13.2 Å². The first kappa shape index (κ1) is 20.5. The fourth-order valence-electron chi connectivity index (χ4n) is 3.77. The van der Waals surface area contributed by atoms with E-state index in [-0.39, 0.29) is 35.6 Å². The van der Waals surface area contributed by atoms with Gasteiger partial charge in [-0.25, -0.2) is 0 Å². The molecule has 1 aliphatic carbocycles. The van der Waals surface area contributed by atoms with Gasteiger partial charge in [0.15, 0.2) is 0 Å². The number of esters is 2. The predicted molar refractivity (Wildman–Crippen MR) is 102 cm³/mol. The average Bonchev–Trinajstić information content (AvgIpc) is 2.53. The quantitative estimate of drug-likeness (QED) is 0.712. The lowest BCUT2D eigenvalue weighted by Gasteiger charge is -2.42. The molecule has 0 aliphatic heterocycles. The zero-order valence-electron chi connectivity index (χ0n) is 17.0. The SMILES string of the molecule is CCOC(=O)Cc1cc2c(cc1CC(=O)OCC)C(C)(C)CCC2(C)C. The van der Waals surface area contributed by atoms with Gasteiger partial charge in [0.05, 0.1) is 26.1 Å². The highest BCUT2D eigenvalue weighted by Crippen LogP contribution is 2.46. The van der Waals surface area contributed by atoms with Crippen LogP contribution >= 0.6 is 0 Å². The normalized spacial score (nSPS) is 17.3. The first-order chi connectivity index (χ1) is 12.1. The lowest BCUT2D eigenvalue weighted by molar-refractivity contribution is -0.143. The van der Waals surface area contributed by atoms with Gasteiger partial charge in [-0.1, -0.05) is 39.8 Å². The van der Waals surface area contributed by atoms with Crippen molar-refractivity contribution in [3.8, 4) is 0 Å². The van der Waals surface area contributed by atoms with Crippen LogP contribution in [0.5, 0.6) is 0 Å². The van der Waals surface area contributed by atoms with Gasteiger partial charge in [-0.2, -0.15) is 0 Å². The maximum Gasteiger partial charge on any atom is 0.310 e. The number of ether oxygens (including phenoxy) is 2. The van der Waals surface area contributed by atoms with Crippen LogP contribution in [0.25, 0.3) is 0 Å². The number of rotatable bonds is 6. The van der Waals surface area contributed by atoms with Crippen LogP contribution < -0.4 is 0 Å². The van der Waals surface area contributed by atoms with Gasteiger partial charge in [0.25, 0.3) is 0 Å². The number of fused-ring (bicyclic) bond motifs is 1. The number of benzene rings is 1. The molecule has 0 saturated carbocycles. The highest BCUT2D eigenvalue weighted by Gasteiger charge is 2.37. The Kier molecular flexibility index (Phi) is 6.15. The molecule has 0 amide bonds. The maximum atomic E-state index is 12.1. The summed E-state index contributed by atoms with van der Waals surface area (Å²) in [5, 5.41) is 0. The van der Waals surface area contributed by atoms with Crippen LogP contribution in [0, 0.1) is 0 Å². The Labute approximate surface area is 157 Å². The second-order valence-corrected chi connectivity index (χ2v) is 8.40. The molecule has 0 atom stereocenters. The Morgan fingerprint density at radius 2 is 1.15 bits per heavy atom. The van der Waals surface area contributed by atoms with E-state index in [2.05, 4.69) is 39.8 Å². The summed E-state index contributed by atoms with van der Waals surface area (Å²) in [6.07, 6.45) is 2.57. The van der Waals surface area contributed by atoms with Crippen molar-refractivity contribution in [3.05, 3.63) is 34.4 Å². The van der Waals surface area contributed by atoms with Crippen LogP contribution in [0.1, 0.15) is 76.6 Å². The minimum atomic E-state index is -0.259. The Morgan fingerprint density at radius 3 is 1.46 bits per heavy atom. The second-order valence-electron chi connectivity index (χ2n) is 8.40. The fraction of sp³-hybridized carbons (Fsp3) is 0.636. The number of carbonyl (C=O) groups is 2. The third-order valence-electron chi connectivity index (χ3n) is 5.45. The third kappa shape index (κ3) is 4.46. The molecule has 0 saturated heterocycles. The third-order valence-corrected chi connectivity index (χ3v) is 5.45. The minimum Gasteiger partial charge on any atom is -0.466 e. The molecule has 0 heterocycles. The highest BCUT2D eigenvalue weighted by atomic mass is 16.5. The van der Waals surface area contributed by atoms with Crippen molar-refractivity contribution >= 4 is 11.9 Å². The topological polar surface area (TPSA) is 52.6 Å². The standard InChI is InChI=1S/C22H32O4/c1-7-25-19(23)13-15-11-17-18(12-16(15)14-20(24)26-8-2)22(5,6)10-9-21(17,3)4/h11-12H,7-10,13-14H2,1-6H3. The molecular formula is C22H32O4. The number of carbonyl (C=O) groups excluding carboxylic acids is 2. The molecule has 1 aliphatic rings. The van der Waals surface area contributed by atoms with Crippen molar-refractivity contribution in [2.45, 2.75) is 78.1 Å². The molecule has 4 nitrogen and oxygen atoms in total. The molecule has 0 spiro atoms. The summed E-state index contributed by atoms with van der Waals surface area (Å²) in [5.74, 6) is -0.518. The number of hydrogen-bond donors (Lipinski definition) is 0. The van der Waals surface area contributed by atoms with Crippen LogP contribution in [0.4, 0.5) is 0 Å². The molecule has 0 bridgehead atoms. The summed E-state index contributed by atoms with van der Waals surface area (Å²) < 4.78 is 10.3. The van der Waals surface area contributed by atoms with Crippen molar-refractivity contribution in [1.29, 1.82) is 0 Å². The smallest absolute Gasteiger partial charge is 0.310 e. The number of hydrogen-bond acceptors (Lipinski definition) is 4. The molecule has 0 radical (unpaired) electrons. The van der Waals surface area contributed by atoms with Crippen molar-refractivity contribution in [2.24, 2.45) is 0 Å². The molecule has 0 unspecified atom stereocenters. The van der Waals surface area contributed by atoms with Gasteiger partial charge in [-0.15, -0.1) is 0 Å². The van der Waals surface area contributed by atoms with Crippen LogP contribution in [-0.2, 0) is 42.7 Å². The summed E-state index contributed by atoms with van der Waals surface area (Å²) >= 11 is 0. The minimum absolute atomic E-state index is 0.0523.